The summed E-state index contributed by atoms with van der Waals surface area (Å²) in [5, 5.41) is 0. The molecule has 0 spiro atoms. The van der Waals surface area contributed by atoms with Crippen LogP contribution < -0.4 is 0 Å². The molecule has 19 heavy (non-hydrogen) atoms. The molecule has 1 amide bonds. The minimum atomic E-state index is 0.0352. The van der Waals surface area contributed by atoms with Crippen LogP contribution in [0.3, 0.4) is 0 Å². The number of carbonyl (C=O) groups excluding carboxylic acids is 2. The van der Waals surface area contributed by atoms with Gasteiger partial charge in [0.2, 0.25) is 0 Å². The number of H-pyrrole nitrogens is 1. The second-order valence-corrected chi connectivity index (χ2v) is 5.16. The summed E-state index contributed by atoms with van der Waals surface area (Å²) >= 11 is 0. The molecule has 0 atom stereocenters. The molecule has 0 aromatic carbocycles. The van der Waals surface area contributed by atoms with E-state index in [-0.39, 0.29) is 11.7 Å². The number of hydrogen-bond acceptors (Lipinski definition) is 3. The van der Waals surface area contributed by atoms with E-state index in [1.807, 2.05) is 11.8 Å². The molecule has 5 nitrogen and oxygen atoms in total. The number of aromatic nitrogens is 1. The standard InChI is InChI=1S/C14H18N2O3/c1-9-12(14(18)16-5-7-19-8-6-16)10-3-2-4-11(17)13(10)15-9/h15H,2-8H2,1H3. The highest BCUT2D eigenvalue weighted by Gasteiger charge is 2.30. The molecule has 0 saturated carbocycles. The molecule has 0 radical (unpaired) electrons. The van der Waals surface area contributed by atoms with E-state index in [1.165, 1.54) is 0 Å². The van der Waals surface area contributed by atoms with Gasteiger partial charge >= 0.3 is 0 Å². The topological polar surface area (TPSA) is 62.4 Å². The zero-order valence-corrected chi connectivity index (χ0v) is 11.1. The first kappa shape index (κ1) is 12.4. The number of hydrogen-bond donors (Lipinski definition) is 1. The lowest BCUT2D eigenvalue weighted by Gasteiger charge is -2.27. The van der Waals surface area contributed by atoms with Crippen molar-refractivity contribution in [1.29, 1.82) is 0 Å². The summed E-state index contributed by atoms with van der Waals surface area (Å²) in [6, 6.07) is 0. The number of carbonyl (C=O) groups is 2. The molecule has 102 valence electrons. The Hall–Kier alpha value is -1.62. The molecule has 0 unspecified atom stereocenters. The SMILES string of the molecule is Cc1[nH]c2c(c1C(=O)N1CCOCC1)CCCC2=O. The Bertz CT molecular complexity index is 527. The van der Waals surface area contributed by atoms with Crippen LogP contribution in [0.1, 0.15) is 44.9 Å². The number of amides is 1. The molecular formula is C14H18N2O3. The Kier molecular flexibility index (Phi) is 3.14. The smallest absolute Gasteiger partial charge is 0.256 e. The van der Waals surface area contributed by atoms with Crippen LogP contribution in [0.2, 0.25) is 0 Å². The van der Waals surface area contributed by atoms with Gasteiger partial charge in [-0.25, -0.2) is 0 Å². The zero-order valence-electron chi connectivity index (χ0n) is 11.1. The molecule has 1 aliphatic heterocycles. The Morgan fingerprint density at radius 1 is 1.26 bits per heavy atom. The van der Waals surface area contributed by atoms with Crippen LogP contribution in [0.15, 0.2) is 0 Å². The van der Waals surface area contributed by atoms with Gasteiger partial charge in [0.1, 0.15) is 0 Å². The van der Waals surface area contributed by atoms with Crippen LogP contribution in [0, 0.1) is 6.92 Å². The summed E-state index contributed by atoms with van der Waals surface area (Å²) in [5.41, 5.74) is 3.10. The average molecular weight is 262 g/mol. The van der Waals surface area contributed by atoms with Crippen molar-refractivity contribution in [2.75, 3.05) is 26.3 Å². The molecule has 2 aliphatic rings. The van der Waals surface area contributed by atoms with Gasteiger partial charge in [-0.1, -0.05) is 0 Å². The third-order valence-electron chi connectivity index (χ3n) is 3.91. The number of ketones is 1. The molecule has 1 aromatic rings. The van der Waals surface area contributed by atoms with Crippen molar-refractivity contribution in [3.8, 4) is 0 Å². The molecule has 1 saturated heterocycles. The van der Waals surface area contributed by atoms with E-state index in [4.69, 9.17) is 4.74 Å². The summed E-state index contributed by atoms with van der Waals surface area (Å²) in [7, 11) is 0. The first-order valence-corrected chi connectivity index (χ1v) is 6.80. The van der Waals surface area contributed by atoms with Gasteiger partial charge in [0.25, 0.3) is 5.91 Å². The lowest BCUT2D eigenvalue weighted by Crippen LogP contribution is -2.41. The summed E-state index contributed by atoms with van der Waals surface area (Å²) in [4.78, 5) is 29.4. The van der Waals surface area contributed by atoms with E-state index in [0.717, 1.165) is 24.1 Å². The minimum absolute atomic E-state index is 0.0352. The van der Waals surface area contributed by atoms with E-state index in [2.05, 4.69) is 4.98 Å². The van der Waals surface area contributed by atoms with Gasteiger partial charge in [0.05, 0.1) is 24.5 Å². The van der Waals surface area contributed by atoms with Crippen molar-refractivity contribution >= 4 is 11.7 Å². The summed E-state index contributed by atoms with van der Waals surface area (Å²) < 4.78 is 5.27. The predicted octanol–water partition coefficient (Wildman–Crippen LogP) is 1.31. The Balaban J connectivity index is 1.96. The quantitative estimate of drug-likeness (QED) is 0.830. The van der Waals surface area contributed by atoms with Crippen molar-refractivity contribution < 1.29 is 14.3 Å². The second kappa shape index (κ2) is 4.81. The molecule has 3 rings (SSSR count). The molecule has 5 heteroatoms. The van der Waals surface area contributed by atoms with E-state index in [1.54, 1.807) is 0 Å². The maximum atomic E-state index is 12.6. The molecule has 1 aliphatic carbocycles. The van der Waals surface area contributed by atoms with E-state index in [9.17, 15) is 9.59 Å². The maximum Gasteiger partial charge on any atom is 0.256 e. The van der Waals surface area contributed by atoms with Gasteiger partial charge in [-0.05, 0) is 25.3 Å². The summed E-state index contributed by atoms with van der Waals surface area (Å²) in [6.07, 6.45) is 2.24. The fourth-order valence-corrected chi connectivity index (χ4v) is 2.93. The van der Waals surface area contributed by atoms with Gasteiger partial charge in [0.15, 0.2) is 5.78 Å². The predicted molar refractivity (Wildman–Crippen MR) is 69.5 cm³/mol. The number of Topliss-reactive ketones (excluding diaryl/α,β-unsaturated/α-hetero) is 1. The highest BCUT2D eigenvalue weighted by Crippen LogP contribution is 2.28. The van der Waals surface area contributed by atoms with Crippen molar-refractivity contribution in [1.82, 2.24) is 9.88 Å². The Morgan fingerprint density at radius 2 is 2.00 bits per heavy atom. The number of fused-ring (bicyclic) bond motifs is 1. The molecule has 1 N–H and O–H groups in total. The third kappa shape index (κ3) is 2.08. The van der Waals surface area contributed by atoms with Crippen LogP contribution >= 0.6 is 0 Å². The van der Waals surface area contributed by atoms with Gasteiger partial charge in [-0.2, -0.15) is 0 Å². The van der Waals surface area contributed by atoms with Crippen LogP contribution in [0.4, 0.5) is 0 Å². The Labute approximate surface area is 111 Å². The number of nitrogens with one attached hydrogen (secondary N) is 1. The normalized spacial score (nSPS) is 19.4. The molecule has 2 heterocycles. The van der Waals surface area contributed by atoms with Crippen LogP contribution in [0.5, 0.6) is 0 Å². The average Bonchev–Trinajstić information content (AvgIpc) is 2.77. The molecule has 1 fully saturated rings. The first-order chi connectivity index (χ1) is 9.18. The van der Waals surface area contributed by atoms with Gasteiger partial charge in [0, 0.05) is 25.2 Å². The zero-order chi connectivity index (χ0) is 13.4. The monoisotopic (exact) mass is 262 g/mol. The number of aryl methyl sites for hydroxylation is 1. The van der Waals surface area contributed by atoms with E-state index >= 15 is 0 Å². The van der Waals surface area contributed by atoms with Crippen LogP contribution in [-0.4, -0.2) is 47.9 Å². The van der Waals surface area contributed by atoms with E-state index in [0.29, 0.717) is 44.0 Å². The van der Waals surface area contributed by atoms with E-state index < -0.39 is 0 Å². The van der Waals surface area contributed by atoms with Gasteiger partial charge in [-0.3, -0.25) is 9.59 Å². The third-order valence-corrected chi connectivity index (χ3v) is 3.91. The minimum Gasteiger partial charge on any atom is -0.378 e. The summed E-state index contributed by atoms with van der Waals surface area (Å²) in [6.45, 7) is 4.32. The molecular weight excluding hydrogens is 244 g/mol. The fraction of sp³-hybridized carbons (Fsp3) is 0.571. The van der Waals surface area contributed by atoms with Crippen molar-refractivity contribution in [3.05, 3.63) is 22.5 Å². The largest absolute Gasteiger partial charge is 0.378 e. The van der Waals surface area contributed by atoms with Crippen molar-refractivity contribution in [2.24, 2.45) is 0 Å². The lowest BCUT2D eigenvalue weighted by molar-refractivity contribution is 0.0302. The van der Waals surface area contributed by atoms with Crippen LogP contribution in [0.25, 0.3) is 0 Å². The molecule has 0 bridgehead atoms. The second-order valence-electron chi connectivity index (χ2n) is 5.16. The number of morpholine rings is 1. The number of ether oxygens (including phenoxy) is 1. The van der Waals surface area contributed by atoms with Gasteiger partial charge < -0.3 is 14.6 Å². The first-order valence-electron chi connectivity index (χ1n) is 6.80. The molecule has 1 aromatic heterocycles. The maximum absolute atomic E-state index is 12.6. The van der Waals surface area contributed by atoms with Crippen molar-refractivity contribution in [2.45, 2.75) is 26.2 Å². The number of aromatic amines is 1. The highest BCUT2D eigenvalue weighted by molar-refractivity contribution is 6.04. The Morgan fingerprint density at radius 3 is 2.74 bits per heavy atom. The van der Waals surface area contributed by atoms with Crippen molar-refractivity contribution in [3.63, 3.8) is 0 Å². The summed E-state index contributed by atoms with van der Waals surface area (Å²) in [5.74, 6) is 0.165. The van der Waals surface area contributed by atoms with Crippen LogP contribution in [-0.2, 0) is 11.2 Å². The van der Waals surface area contributed by atoms with Gasteiger partial charge in [-0.15, -0.1) is 0 Å². The number of nitrogens with zero attached hydrogens (tertiary/aromatic N) is 1. The fourth-order valence-electron chi connectivity index (χ4n) is 2.93. The highest BCUT2D eigenvalue weighted by atomic mass is 16.5. The number of rotatable bonds is 1. The lowest BCUT2D eigenvalue weighted by atomic mass is 9.93.